The third kappa shape index (κ3) is 2.11. The first kappa shape index (κ1) is 11.2. The van der Waals surface area contributed by atoms with Crippen LogP contribution in [-0.4, -0.2) is 19.1 Å². The summed E-state index contributed by atoms with van der Waals surface area (Å²) in [4.78, 5) is 11.6. The molecule has 1 saturated heterocycles. The Morgan fingerprint density at radius 3 is 3.12 bits per heavy atom. The van der Waals surface area contributed by atoms with E-state index >= 15 is 0 Å². The van der Waals surface area contributed by atoms with Crippen LogP contribution in [0.3, 0.4) is 0 Å². The third-order valence-corrected chi connectivity index (χ3v) is 4.73. The summed E-state index contributed by atoms with van der Waals surface area (Å²) in [5, 5.41) is 2.85. The zero-order valence-corrected chi connectivity index (χ0v) is 11.0. The topological polar surface area (TPSA) is 38.3 Å². The van der Waals surface area contributed by atoms with E-state index in [2.05, 4.69) is 33.4 Å². The highest BCUT2D eigenvalue weighted by Crippen LogP contribution is 2.38. The molecule has 1 N–H and O–H groups in total. The number of hydrogen-bond donors (Lipinski definition) is 1. The van der Waals surface area contributed by atoms with E-state index in [1.165, 1.54) is 5.56 Å². The summed E-state index contributed by atoms with van der Waals surface area (Å²) in [5.74, 6) is 0.630. The fourth-order valence-corrected chi connectivity index (χ4v) is 3.18. The smallest absolute Gasteiger partial charge is 0.228 e. The first-order valence-electron chi connectivity index (χ1n) is 5.88. The van der Waals surface area contributed by atoms with Gasteiger partial charge in [0.05, 0.1) is 13.0 Å². The van der Waals surface area contributed by atoms with Gasteiger partial charge < -0.3 is 10.1 Å². The molecule has 1 aromatic rings. The van der Waals surface area contributed by atoms with Crippen LogP contribution in [0.4, 0.5) is 5.69 Å². The van der Waals surface area contributed by atoms with Crippen LogP contribution in [-0.2, 0) is 16.0 Å². The van der Waals surface area contributed by atoms with Gasteiger partial charge in [0.15, 0.2) is 0 Å². The van der Waals surface area contributed by atoms with Gasteiger partial charge in [0.2, 0.25) is 5.91 Å². The lowest BCUT2D eigenvalue weighted by molar-refractivity contribution is -0.115. The van der Waals surface area contributed by atoms with Gasteiger partial charge in [-0.15, -0.1) is 0 Å². The Morgan fingerprint density at radius 1 is 1.47 bits per heavy atom. The van der Waals surface area contributed by atoms with Crippen molar-refractivity contribution in [2.45, 2.75) is 17.7 Å². The Bertz CT molecular complexity index is 455. The van der Waals surface area contributed by atoms with Crippen molar-refractivity contribution in [3.63, 3.8) is 0 Å². The molecule has 2 aliphatic heterocycles. The normalized spacial score (nSPS) is 24.5. The highest BCUT2D eigenvalue weighted by atomic mass is 79.9. The van der Waals surface area contributed by atoms with E-state index in [-0.39, 0.29) is 5.91 Å². The van der Waals surface area contributed by atoms with Gasteiger partial charge in [-0.05, 0) is 23.6 Å². The maximum Gasteiger partial charge on any atom is 0.228 e. The van der Waals surface area contributed by atoms with E-state index in [9.17, 15) is 4.79 Å². The van der Waals surface area contributed by atoms with E-state index in [1.54, 1.807) is 0 Å². The van der Waals surface area contributed by atoms with Crippen LogP contribution in [0.25, 0.3) is 0 Å². The minimum absolute atomic E-state index is 0.0903. The predicted octanol–water partition coefficient (Wildman–Crippen LogP) is 2.65. The number of ether oxygens (including phenoxy) is 1. The second-order valence-electron chi connectivity index (χ2n) is 4.67. The molecule has 0 radical (unpaired) electrons. The second-order valence-corrected chi connectivity index (χ2v) is 5.65. The first-order valence-corrected chi connectivity index (χ1v) is 6.80. The lowest BCUT2D eigenvalue weighted by atomic mass is 9.96. The summed E-state index contributed by atoms with van der Waals surface area (Å²) in [6, 6.07) is 6.22. The molecule has 2 aliphatic rings. The maximum atomic E-state index is 11.3. The second kappa shape index (κ2) is 4.42. The average molecular weight is 296 g/mol. The molecule has 17 heavy (non-hydrogen) atoms. The molecular weight excluding hydrogens is 282 g/mol. The molecule has 1 aromatic carbocycles. The summed E-state index contributed by atoms with van der Waals surface area (Å²) in [6.45, 7) is 1.68. The Hall–Kier alpha value is -0.870. The monoisotopic (exact) mass is 295 g/mol. The highest BCUT2D eigenvalue weighted by molar-refractivity contribution is 9.09. The van der Waals surface area contributed by atoms with E-state index in [0.29, 0.717) is 17.2 Å². The quantitative estimate of drug-likeness (QED) is 0.852. The van der Waals surface area contributed by atoms with Crippen molar-refractivity contribution in [2.75, 3.05) is 18.5 Å². The molecule has 2 heterocycles. The number of halogens is 1. The first-order chi connectivity index (χ1) is 8.24. The summed E-state index contributed by atoms with van der Waals surface area (Å²) < 4.78 is 5.41. The molecule has 0 aliphatic carbocycles. The molecule has 0 spiro atoms. The Labute approximate surface area is 109 Å². The molecule has 1 amide bonds. The summed E-state index contributed by atoms with van der Waals surface area (Å²) in [7, 11) is 0. The minimum Gasteiger partial charge on any atom is -0.381 e. The maximum absolute atomic E-state index is 11.3. The van der Waals surface area contributed by atoms with Crippen molar-refractivity contribution in [3.8, 4) is 0 Å². The molecule has 4 heteroatoms. The molecule has 0 saturated carbocycles. The van der Waals surface area contributed by atoms with Crippen LogP contribution in [0, 0.1) is 5.92 Å². The van der Waals surface area contributed by atoms with Crippen LogP contribution < -0.4 is 5.32 Å². The van der Waals surface area contributed by atoms with Crippen molar-refractivity contribution < 1.29 is 9.53 Å². The van der Waals surface area contributed by atoms with Gasteiger partial charge in [-0.25, -0.2) is 0 Å². The van der Waals surface area contributed by atoms with Crippen molar-refractivity contribution >= 4 is 27.5 Å². The van der Waals surface area contributed by atoms with E-state index in [1.807, 2.05) is 6.07 Å². The Kier molecular flexibility index (Phi) is 2.92. The van der Waals surface area contributed by atoms with Crippen molar-refractivity contribution in [3.05, 3.63) is 29.3 Å². The number of alkyl halides is 1. The van der Waals surface area contributed by atoms with Gasteiger partial charge in [0.1, 0.15) is 0 Å². The van der Waals surface area contributed by atoms with Gasteiger partial charge in [-0.2, -0.15) is 0 Å². The number of carbonyl (C=O) groups is 1. The van der Waals surface area contributed by atoms with Crippen LogP contribution in [0.2, 0.25) is 0 Å². The van der Waals surface area contributed by atoms with E-state index in [4.69, 9.17) is 4.74 Å². The molecule has 0 bridgehead atoms. The number of carbonyl (C=O) groups excluding carboxylic acids is 1. The summed E-state index contributed by atoms with van der Waals surface area (Å²) in [5.41, 5.74) is 3.31. The Morgan fingerprint density at radius 2 is 2.35 bits per heavy atom. The van der Waals surface area contributed by atoms with Gasteiger partial charge in [-0.1, -0.05) is 28.1 Å². The van der Waals surface area contributed by atoms with Gasteiger partial charge in [0.25, 0.3) is 0 Å². The number of rotatable bonds is 2. The van der Waals surface area contributed by atoms with Gasteiger partial charge in [-0.3, -0.25) is 4.79 Å². The third-order valence-electron chi connectivity index (χ3n) is 3.45. The number of nitrogens with one attached hydrogen (secondary N) is 1. The van der Waals surface area contributed by atoms with Gasteiger partial charge >= 0.3 is 0 Å². The number of amides is 1. The molecule has 2 unspecified atom stereocenters. The number of benzene rings is 1. The van der Waals surface area contributed by atoms with Crippen molar-refractivity contribution in [2.24, 2.45) is 5.92 Å². The minimum atomic E-state index is 0.0903. The van der Waals surface area contributed by atoms with Gasteiger partial charge in [0, 0.05) is 23.0 Å². The summed E-state index contributed by atoms with van der Waals surface area (Å²) in [6.07, 6.45) is 1.61. The zero-order valence-electron chi connectivity index (χ0n) is 9.41. The van der Waals surface area contributed by atoms with Crippen LogP contribution in [0.15, 0.2) is 18.2 Å². The fraction of sp³-hybridized carbons (Fsp3) is 0.462. The number of hydrogen-bond acceptors (Lipinski definition) is 2. The zero-order chi connectivity index (χ0) is 11.8. The molecular formula is C13H14BrNO2. The standard InChI is InChI=1S/C13H14BrNO2/c14-13(9-3-4-17-7-9)8-1-2-11-10(5-8)6-12(16)15-11/h1-2,5,9,13H,3-4,6-7H2,(H,15,16). The fourth-order valence-electron chi connectivity index (χ4n) is 2.48. The SMILES string of the molecule is O=C1Cc2cc(C(Br)C3CCOC3)ccc2N1. The lowest BCUT2D eigenvalue weighted by Gasteiger charge is -2.16. The van der Waals surface area contributed by atoms with Crippen LogP contribution in [0.1, 0.15) is 22.4 Å². The highest BCUT2D eigenvalue weighted by Gasteiger charge is 2.26. The molecule has 90 valence electrons. The predicted molar refractivity (Wildman–Crippen MR) is 69.4 cm³/mol. The number of anilines is 1. The molecule has 0 aromatic heterocycles. The summed E-state index contributed by atoms with van der Waals surface area (Å²) >= 11 is 3.75. The largest absolute Gasteiger partial charge is 0.381 e. The molecule has 3 nitrogen and oxygen atoms in total. The van der Waals surface area contributed by atoms with E-state index in [0.717, 1.165) is 30.9 Å². The van der Waals surface area contributed by atoms with Crippen LogP contribution >= 0.6 is 15.9 Å². The molecule has 2 atom stereocenters. The lowest BCUT2D eigenvalue weighted by Crippen LogP contribution is -2.07. The molecule has 1 fully saturated rings. The number of fused-ring (bicyclic) bond motifs is 1. The average Bonchev–Trinajstić information content (AvgIpc) is 2.94. The Balaban J connectivity index is 1.84. The van der Waals surface area contributed by atoms with Crippen molar-refractivity contribution in [1.82, 2.24) is 0 Å². The van der Waals surface area contributed by atoms with Crippen molar-refractivity contribution in [1.29, 1.82) is 0 Å². The molecule has 3 rings (SSSR count). The van der Waals surface area contributed by atoms with Crippen LogP contribution in [0.5, 0.6) is 0 Å². The van der Waals surface area contributed by atoms with E-state index < -0.39 is 0 Å².